The molecule has 0 unspecified atom stereocenters. The standard InChI is InChI=1S/C2H8N2S/c1-5-2-4-3/h4H,2-3H2,1H3. The van der Waals surface area contributed by atoms with E-state index in [4.69, 9.17) is 5.84 Å². The summed E-state index contributed by atoms with van der Waals surface area (Å²) in [6, 6.07) is 0. The van der Waals surface area contributed by atoms with Crippen molar-refractivity contribution in [2.24, 2.45) is 5.84 Å². The van der Waals surface area contributed by atoms with Gasteiger partial charge in [-0.2, -0.15) is 0 Å². The molecule has 0 bridgehead atoms. The maximum absolute atomic E-state index is 4.87. The fourth-order valence-corrected chi connectivity index (χ4v) is 0.250. The fourth-order valence-electron chi connectivity index (χ4n) is 0.0833. The van der Waals surface area contributed by atoms with E-state index in [0.29, 0.717) is 0 Å². The van der Waals surface area contributed by atoms with Gasteiger partial charge < -0.3 is 0 Å². The molecule has 0 atom stereocenters. The number of nitrogens with one attached hydrogen (secondary N) is 1. The molecule has 0 aromatic carbocycles. The molecule has 0 saturated carbocycles. The molecular weight excluding hydrogens is 84.1 g/mol. The maximum atomic E-state index is 4.87. The molecule has 0 aliphatic carbocycles. The van der Waals surface area contributed by atoms with E-state index in [-0.39, 0.29) is 0 Å². The lowest BCUT2D eigenvalue weighted by Gasteiger charge is -1.85. The summed E-state index contributed by atoms with van der Waals surface area (Å²) in [7, 11) is 0. The second-order valence-electron chi connectivity index (χ2n) is 0.637. The summed E-state index contributed by atoms with van der Waals surface area (Å²) >= 11 is 1.67. The van der Waals surface area contributed by atoms with Crippen LogP contribution in [0.4, 0.5) is 0 Å². The highest BCUT2D eigenvalue weighted by Crippen LogP contribution is 1.80. The molecule has 0 heterocycles. The van der Waals surface area contributed by atoms with Gasteiger partial charge in [-0.1, -0.05) is 0 Å². The summed E-state index contributed by atoms with van der Waals surface area (Å²) in [5.74, 6) is 5.70. The van der Waals surface area contributed by atoms with E-state index in [1.54, 1.807) is 11.8 Å². The van der Waals surface area contributed by atoms with Gasteiger partial charge >= 0.3 is 0 Å². The van der Waals surface area contributed by atoms with Crippen molar-refractivity contribution in [1.29, 1.82) is 0 Å². The predicted octanol–water partition coefficient (Wildman–Crippen LogP) is -0.230. The summed E-state index contributed by atoms with van der Waals surface area (Å²) in [4.78, 5) is 0. The Morgan fingerprint density at radius 3 is 2.60 bits per heavy atom. The number of rotatable bonds is 2. The van der Waals surface area contributed by atoms with Crippen LogP contribution >= 0.6 is 11.8 Å². The number of hydrogen-bond donors (Lipinski definition) is 2. The van der Waals surface area contributed by atoms with Crippen molar-refractivity contribution in [2.75, 3.05) is 12.1 Å². The van der Waals surface area contributed by atoms with E-state index in [1.807, 2.05) is 6.26 Å². The average molecular weight is 92.2 g/mol. The molecule has 0 saturated heterocycles. The number of nitrogens with two attached hydrogens (primary N) is 1. The molecule has 0 fully saturated rings. The normalized spacial score (nSPS) is 8.40. The van der Waals surface area contributed by atoms with Gasteiger partial charge in [-0.15, -0.1) is 11.8 Å². The lowest BCUT2D eigenvalue weighted by Crippen LogP contribution is -2.20. The summed E-state index contributed by atoms with van der Waals surface area (Å²) < 4.78 is 0. The van der Waals surface area contributed by atoms with Gasteiger partial charge in [-0.05, 0) is 6.26 Å². The Hall–Kier alpha value is 0.270. The first-order valence-corrected chi connectivity index (χ1v) is 2.73. The molecule has 0 aromatic heterocycles. The highest BCUT2D eigenvalue weighted by Gasteiger charge is 1.64. The second-order valence-corrected chi connectivity index (χ2v) is 1.50. The molecule has 5 heavy (non-hydrogen) atoms. The van der Waals surface area contributed by atoms with E-state index < -0.39 is 0 Å². The van der Waals surface area contributed by atoms with Crippen molar-refractivity contribution in [3.05, 3.63) is 0 Å². The van der Waals surface area contributed by atoms with Crippen molar-refractivity contribution in [2.45, 2.75) is 0 Å². The molecule has 0 rings (SSSR count). The van der Waals surface area contributed by atoms with Crippen LogP contribution in [0.3, 0.4) is 0 Å². The third-order valence-electron chi connectivity index (χ3n) is 0.228. The Balaban J connectivity index is 2.19. The molecule has 2 nitrogen and oxygen atoms in total. The van der Waals surface area contributed by atoms with Gasteiger partial charge in [0.25, 0.3) is 0 Å². The van der Waals surface area contributed by atoms with Crippen molar-refractivity contribution in [1.82, 2.24) is 5.43 Å². The van der Waals surface area contributed by atoms with Crippen LogP contribution in [0.1, 0.15) is 0 Å². The highest BCUT2D eigenvalue weighted by molar-refractivity contribution is 7.98. The largest absolute Gasteiger partial charge is 0.271 e. The lowest BCUT2D eigenvalue weighted by atomic mass is 11.5. The minimum Gasteiger partial charge on any atom is -0.271 e. The highest BCUT2D eigenvalue weighted by atomic mass is 32.2. The van der Waals surface area contributed by atoms with E-state index in [2.05, 4.69) is 5.43 Å². The van der Waals surface area contributed by atoms with Gasteiger partial charge in [0.15, 0.2) is 0 Å². The maximum Gasteiger partial charge on any atom is 0.0551 e. The fraction of sp³-hybridized carbons (Fsp3) is 1.00. The van der Waals surface area contributed by atoms with Gasteiger partial charge in [-0.3, -0.25) is 11.3 Å². The Kier molecular flexibility index (Phi) is 4.50. The SMILES string of the molecule is CSCNN. The first-order valence-electron chi connectivity index (χ1n) is 1.34. The van der Waals surface area contributed by atoms with E-state index in [1.165, 1.54) is 0 Å². The molecule has 3 N–H and O–H groups in total. The van der Waals surface area contributed by atoms with Gasteiger partial charge in [0.05, 0.1) is 5.88 Å². The summed E-state index contributed by atoms with van der Waals surface area (Å²) in [6.45, 7) is 0. The van der Waals surface area contributed by atoms with Crippen molar-refractivity contribution < 1.29 is 0 Å². The Morgan fingerprint density at radius 1 is 2.00 bits per heavy atom. The van der Waals surface area contributed by atoms with E-state index in [0.717, 1.165) is 5.88 Å². The number of hydrogen-bond acceptors (Lipinski definition) is 3. The van der Waals surface area contributed by atoms with Crippen LogP contribution in [0, 0.1) is 0 Å². The minimum absolute atomic E-state index is 0.833. The predicted molar refractivity (Wildman–Crippen MR) is 25.7 cm³/mol. The van der Waals surface area contributed by atoms with Crippen molar-refractivity contribution >= 4 is 11.8 Å². The summed E-state index contributed by atoms with van der Waals surface area (Å²) in [6.07, 6.45) is 1.99. The van der Waals surface area contributed by atoms with Crippen LogP contribution in [0.2, 0.25) is 0 Å². The van der Waals surface area contributed by atoms with Crippen LogP contribution in [0.25, 0.3) is 0 Å². The van der Waals surface area contributed by atoms with Crippen LogP contribution in [-0.4, -0.2) is 12.1 Å². The van der Waals surface area contributed by atoms with Gasteiger partial charge in [-0.25, -0.2) is 0 Å². The van der Waals surface area contributed by atoms with Crippen LogP contribution < -0.4 is 11.3 Å². The summed E-state index contributed by atoms with van der Waals surface area (Å²) in [5, 5.41) is 0. The van der Waals surface area contributed by atoms with Crippen molar-refractivity contribution in [3.8, 4) is 0 Å². The van der Waals surface area contributed by atoms with E-state index in [9.17, 15) is 0 Å². The van der Waals surface area contributed by atoms with Crippen LogP contribution in [0.15, 0.2) is 0 Å². The zero-order valence-electron chi connectivity index (χ0n) is 3.19. The zero-order chi connectivity index (χ0) is 4.12. The third-order valence-corrected chi connectivity index (χ3v) is 0.683. The monoisotopic (exact) mass is 92.0 g/mol. The quantitative estimate of drug-likeness (QED) is 0.281. The molecule has 0 spiro atoms. The number of hydrazine groups is 1. The average Bonchev–Trinajstić information content (AvgIpc) is 1.41. The first-order chi connectivity index (χ1) is 2.41. The van der Waals surface area contributed by atoms with Gasteiger partial charge in [0.1, 0.15) is 0 Å². The Morgan fingerprint density at radius 2 is 2.60 bits per heavy atom. The molecule has 0 aliphatic rings. The summed E-state index contributed by atoms with van der Waals surface area (Å²) in [5.41, 5.74) is 2.48. The molecule has 32 valence electrons. The molecule has 0 aromatic rings. The lowest BCUT2D eigenvalue weighted by molar-refractivity contribution is 0.872. The molecule has 0 amide bonds. The van der Waals surface area contributed by atoms with Crippen molar-refractivity contribution in [3.63, 3.8) is 0 Å². The van der Waals surface area contributed by atoms with Crippen LogP contribution in [0.5, 0.6) is 0 Å². The van der Waals surface area contributed by atoms with E-state index >= 15 is 0 Å². The first kappa shape index (κ1) is 5.27. The topological polar surface area (TPSA) is 38.0 Å². The van der Waals surface area contributed by atoms with Gasteiger partial charge in [0, 0.05) is 0 Å². The second kappa shape index (κ2) is 4.27. The molecular formula is C2H8N2S. The Labute approximate surface area is 36.1 Å². The molecule has 0 aliphatic heterocycles. The van der Waals surface area contributed by atoms with Crippen LogP contribution in [-0.2, 0) is 0 Å². The molecule has 3 heteroatoms. The third kappa shape index (κ3) is 4.27. The molecule has 0 radical (unpaired) electrons. The minimum atomic E-state index is 0.833. The van der Waals surface area contributed by atoms with Gasteiger partial charge in [0.2, 0.25) is 0 Å². The number of thioether (sulfide) groups is 1. The zero-order valence-corrected chi connectivity index (χ0v) is 4.01. The Bertz CT molecular complexity index is 15.1. The smallest absolute Gasteiger partial charge is 0.0551 e.